The normalized spacial score (nSPS) is 19.4. The maximum Gasteiger partial charge on any atom is 0.0823 e. The number of nitrogens with one attached hydrogen (secondary N) is 1. The third-order valence-corrected chi connectivity index (χ3v) is 4.67. The molecule has 0 aliphatic carbocycles. The molecule has 2 rings (SSSR count). The largest absolute Gasteiger partial charge is 0.296 e. The predicted molar refractivity (Wildman–Crippen MR) is 84.5 cm³/mol. The van der Waals surface area contributed by atoms with Crippen molar-refractivity contribution in [3.05, 3.63) is 11.9 Å². The molecule has 1 aliphatic heterocycles. The Kier molecular flexibility index (Phi) is 5.72. The van der Waals surface area contributed by atoms with Crippen LogP contribution >= 0.6 is 0 Å². The molecule has 0 bridgehead atoms. The standard InChI is InChI=1S/C15H30N6/c1-4-9-21-13(12-17-19-21)14(18-16)15(2,3)20-10-7-5-6-8-11-20/h12,14,18H,4-11,16H2,1-3H3. The number of aromatic nitrogens is 3. The first-order valence-corrected chi connectivity index (χ1v) is 8.20. The number of hydrogen-bond donors (Lipinski definition) is 2. The Morgan fingerprint density at radius 3 is 2.52 bits per heavy atom. The number of hydrogen-bond acceptors (Lipinski definition) is 5. The summed E-state index contributed by atoms with van der Waals surface area (Å²) in [5.74, 6) is 5.92. The van der Waals surface area contributed by atoms with Gasteiger partial charge in [-0.05, 0) is 46.2 Å². The minimum Gasteiger partial charge on any atom is -0.296 e. The molecule has 0 spiro atoms. The van der Waals surface area contributed by atoms with Crippen LogP contribution in [0.1, 0.15) is 64.6 Å². The smallest absolute Gasteiger partial charge is 0.0823 e. The van der Waals surface area contributed by atoms with Crippen LogP contribution in [0.4, 0.5) is 0 Å². The summed E-state index contributed by atoms with van der Waals surface area (Å²) < 4.78 is 1.98. The summed E-state index contributed by atoms with van der Waals surface area (Å²) in [5.41, 5.74) is 4.03. The molecule has 6 nitrogen and oxygen atoms in total. The fourth-order valence-corrected chi connectivity index (χ4v) is 3.36. The van der Waals surface area contributed by atoms with E-state index in [-0.39, 0.29) is 11.6 Å². The lowest BCUT2D eigenvalue weighted by molar-refractivity contribution is 0.0798. The first kappa shape index (κ1) is 16.4. The molecule has 0 saturated carbocycles. The van der Waals surface area contributed by atoms with E-state index in [0.29, 0.717) is 0 Å². The molecule has 1 aromatic heterocycles. The van der Waals surface area contributed by atoms with Crippen LogP contribution in [0.2, 0.25) is 0 Å². The van der Waals surface area contributed by atoms with Crippen molar-refractivity contribution in [3.8, 4) is 0 Å². The van der Waals surface area contributed by atoms with Crippen LogP contribution in [0.3, 0.4) is 0 Å². The third kappa shape index (κ3) is 3.62. The van der Waals surface area contributed by atoms with Crippen LogP contribution in [-0.2, 0) is 6.54 Å². The molecule has 2 heterocycles. The van der Waals surface area contributed by atoms with Gasteiger partial charge in [-0.3, -0.25) is 10.7 Å². The zero-order valence-electron chi connectivity index (χ0n) is 13.7. The molecule has 1 unspecified atom stereocenters. The van der Waals surface area contributed by atoms with Gasteiger partial charge in [0.05, 0.1) is 17.9 Å². The fraction of sp³-hybridized carbons (Fsp3) is 0.867. The van der Waals surface area contributed by atoms with Crippen molar-refractivity contribution < 1.29 is 0 Å². The second-order valence-corrected chi connectivity index (χ2v) is 6.54. The molecule has 0 radical (unpaired) electrons. The molecule has 1 atom stereocenters. The van der Waals surface area contributed by atoms with Crippen molar-refractivity contribution in [1.29, 1.82) is 0 Å². The monoisotopic (exact) mass is 294 g/mol. The Morgan fingerprint density at radius 1 is 1.29 bits per heavy atom. The average molecular weight is 294 g/mol. The molecule has 1 saturated heterocycles. The maximum absolute atomic E-state index is 5.92. The molecule has 1 aromatic rings. The van der Waals surface area contributed by atoms with Gasteiger partial charge in [0.15, 0.2) is 0 Å². The lowest BCUT2D eigenvalue weighted by Crippen LogP contribution is -2.55. The minimum absolute atomic E-state index is 0.0251. The van der Waals surface area contributed by atoms with Gasteiger partial charge in [0.1, 0.15) is 0 Å². The van der Waals surface area contributed by atoms with Crippen LogP contribution in [0.5, 0.6) is 0 Å². The Balaban J connectivity index is 2.23. The van der Waals surface area contributed by atoms with E-state index >= 15 is 0 Å². The summed E-state index contributed by atoms with van der Waals surface area (Å²) in [4.78, 5) is 2.56. The zero-order chi connectivity index (χ0) is 15.3. The van der Waals surface area contributed by atoms with Gasteiger partial charge in [-0.25, -0.2) is 10.1 Å². The zero-order valence-corrected chi connectivity index (χ0v) is 13.7. The van der Waals surface area contributed by atoms with Crippen molar-refractivity contribution in [2.24, 2.45) is 5.84 Å². The molecule has 1 fully saturated rings. The molecule has 3 N–H and O–H groups in total. The number of hydrazine groups is 1. The van der Waals surface area contributed by atoms with E-state index in [1.807, 2.05) is 10.9 Å². The van der Waals surface area contributed by atoms with Crippen LogP contribution in [-0.4, -0.2) is 38.5 Å². The second-order valence-electron chi connectivity index (χ2n) is 6.54. The molecule has 21 heavy (non-hydrogen) atoms. The summed E-state index contributed by atoms with van der Waals surface area (Å²) >= 11 is 0. The lowest BCUT2D eigenvalue weighted by Gasteiger charge is -2.43. The van der Waals surface area contributed by atoms with Crippen LogP contribution in [0, 0.1) is 0 Å². The Bertz CT molecular complexity index is 420. The topological polar surface area (TPSA) is 72.0 Å². The van der Waals surface area contributed by atoms with E-state index in [1.54, 1.807) is 0 Å². The van der Waals surface area contributed by atoms with E-state index in [4.69, 9.17) is 5.84 Å². The van der Waals surface area contributed by atoms with Crippen molar-refractivity contribution in [3.63, 3.8) is 0 Å². The highest BCUT2D eigenvalue weighted by molar-refractivity contribution is 5.10. The number of nitrogens with two attached hydrogens (primary N) is 1. The number of aryl methyl sites for hydroxylation is 1. The molecule has 120 valence electrons. The number of rotatable bonds is 6. The van der Waals surface area contributed by atoms with E-state index in [9.17, 15) is 0 Å². The first-order valence-electron chi connectivity index (χ1n) is 8.20. The summed E-state index contributed by atoms with van der Waals surface area (Å²) in [6.07, 6.45) is 8.10. The number of nitrogens with zero attached hydrogens (tertiary/aromatic N) is 4. The molecule has 0 aromatic carbocycles. The van der Waals surface area contributed by atoms with Gasteiger partial charge in [-0.15, -0.1) is 5.10 Å². The fourth-order valence-electron chi connectivity index (χ4n) is 3.36. The second kappa shape index (κ2) is 7.33. The Hall–Kier alpha value is -0.980. The molecular formula is C15H30N6. The van der Waals surface area contributed by atoms with E-state index in [2.05, 4.69) is 41.4 Å². The summed E-state index contributed by atoms with van der Waals surface area (Å²) in [6.45, 7) is 9.85. The molecule has 0 amide bonds. The summed E-state index contributed by atoms with van der Waals surface area (Å²) in [5, 5.41) is 8.29. The quantitative estimate of drug-likeness (QED) is 0.619. The van der Waals surface area contributed by atoms with Crippen molar-refractivity contribution in [1.82, 2.24) is 25.3 Å². The van der Waals surface area contributed by atoms with Crippen LogP contribution in [0.25, 0.3) is 0 Å². The average Bonchev–Trinajstić information content (AvgIpc) is 2.74. The van der Waals surface area contributed by atoms with Gasteiger partial charge in [-0.1, -0.05) is 25.0 Å². The van der Waals surface area contributed by atoms with Gasteiger partial charge >= 0.3 is 0 Å². The van der Waals surface area contributed by atoms with Crippen molar-refractivity contribution in [2.75, 3.05) is 13.1 Å². The van der Waals surface area contributed by atoms with E-state index < -0.39 is 0 Å². The van der Waals surface area contributed by atoms with Gasteiger partial charge in [0.25, 0.3) is 0 Å². The Labute approximate surface area is 128 Å². The maximum atomic E-state index is 5.92. The van der Waals surface area contributed by atoms with Crippen LogP contribution in [0.15, 0.2) is 6.20 Å². The van der Waals surface area contributed by atoms with E-state index in [0.717, 1.165) is 31.7 Å². The highest BCUT2D eigenvalue weighted by Gasteiger charge is 2.37. The van der Waals surface area contributed by atoms with Gasteiger partial charge < -0.3 is 0 Å². The summed E-state index contributed by atoms with van der Waals surface area (Å²) in [7, 11) is 0. The summed E-state index contributed by atoms with van der Waals surface area (Å²) in [6, 6.07) is 0.0251. The van der Waals surface area contributed by atoms with Crippen molar-refractivity contribution in [2.45, 2.75) is 71.0 Å². The first-order chi connectivity index (χ1) is 10.1. The van der Waals surface area contributed by atoms with Crippen molar-refractivity contribution >= 4 is 0 Å². The highest BCUT2D eigenvalue weighted by Crippen LogP contribution is 2.32. The predicted octanol–water partition coefficient (Wildman–Crippen LogP) is 1.85. The van der Waals surface area contributed by atoms with Gasteiger partial charge in [-0.2, -0.15) is 0 Å². The van der Waals surface area contributed by atoms with Gasteiger partial charge in [0, 0.05) is 12.1 Å². The van der Waals surface area contributed by atoms with Crippen LogP contribution < -0.4 is 11.3 Å². The molecule has 1 aliphatic rings. The SMILES string of the molecule is CCCn1nncc1C(NN)C(C)(C)N1CCCCCC1. The third-order valence-electron chi connectivity index (χ3n) is 4.67. The number of likely N-dealkylation sites (tertiary alicyclic amines) is 1. The minimum atomic E-state index is -0.0632. The highest BCUT2D eigenvalue weighted by atomic mass is 15.4. The molecular weight excluding hydrogens is 264 g/mol. The van der Waals surface area contributed by atoms with Gasteiger partial charge in [0.2, 0.25) is 0 Å². The Morgan fingerprint density at radius 2 is 1.95 bits per heavy atom. The lowest BCUT2D eigenvalue weighted by atomic mass is 9.90. The van der Waals surface area contributed by atoms with E-state index in [1.165, 1.54) is 25.7 Å². The molecule has 6 heteroatoms.